The van der Waals surface area contributed by atoms with Crippen molar-refractivity contribution in [3.8, 4) is 0 Å². The molecular formula is C10H18O2. The first-order chi connectivity index (χ1) is 5.72. The van der Waals surface area contributed by atoms with Crippen LogP contribution in [0, 0.1) is 0 Å². The van der Waals surface area contributed by atoms with Gasteiger partial charge in [-0.25, -0.2) is 4.79 Å². The number of allylic oxidation sites excluding steroid dienone is 1. The number of hydrogen-bond acceptors (Lipinski definition) is 1. The number of aliphatic carboxylic acids is 1. The highest BCUT2D eigenvalue weighted by atomic mass is 16.4. The van der Waals surface area contributed by atoms with Crippen LogP contribution in [0.15, 0.2) is 11.6 Å². The Kier molecular flexibility index (Phi) is 6.44. The van der Waals surface area contributed by atoms with Crippen molar-refractivity contribution in [2.75, 3.05) is 0 Å². The average Bonchev–Trinajstić information content (AvgIpc) is 2.04. The summed E-state index contributed by atoms with van der Waals surface area (Å²) in [4.78, 5) is 10.5. The van der Waals surface area contributed by atoms with E-state index in [9.17, 15) is 4.79 Å². The summed E-state index contributed by atoms with van der Waals surface area (Å²) in [7, 11) is 0. The molecule has 0 aliphatic rings. The zero-order valence-electron chi connectivity index (χ0n) is 7.97. The number of carboxylic acid groups (broad SMARTS) is 1. The van der Waals surface area contributed by atoms with Crippen LogP contribution in [-0.2, 0) is 4.79 Å². The molecule has 2 nitrogen and oxygen atoms in total. The lowest BCUT2D eigenvalue weighted by molar-refractivity contribution is -0.132. The first kappa shape index (κ1) is 11.2. The molecule has 70 valence electrons. The van der Waals surface area contributed by atoms with Crippen LogP contribution >= 0.6 is 0 Å². The first-order valence-corrected chi connectivity index (χ1v) is 4.64. The highest BCUT2D eigenvalue weighted by Gasteiger charge is 2.01. The minimum absolute atomic E-state index is 0.547. The largest absolute Gasteiger partial charge is 0.478 e. The van der Waals surface area contributed by atoms with Gasteiger partial charge in [0, 0.05) is 5.57 Å². The highest BCUT2D eigenvalue weighted by molar-refractivity contribution is 5.86. The molecule has 0 radical (unpaired) electrons. The van der Waals surface area contributed by atoms with E-state index in [1.165, 1.54) is 12.8 Å². The van der Waals surface area contributed by atoms with Gasteiger partial charge < -0.3 is 5.11 Å². The lowest BCUT2D eigenvalue weighted by Crippen LogP contribution is -1.98. The molecule has 0 rings (SSSR count). The number of rotatable bonds is 6. The van der Waals surface area contributed by atoms with Gasteiger partial charge in [-0.3, -0.25) is 0 Å². The molecule has 0 fully saturated rings. The lowest BCUT2D eigenvalue weighted by Gasteiger charge is -1.97. The van der Waals surface area contributed by atoms with E-state index in [2.05, 4.69) is 6.92 Å². The van der Waals surface area contributed by atoms with Gasteiger partial charge in [0.05, 0.1) is 0 Å². The summed E-state index contributed by atoms with van der Waals surface area (Å²) in [6, 6.07) is 0. The molecule has 0 saturated carbocycles. The van der Waals surface area contributed by atoms with E-state index in [4.69, 9.17) is 5.11 Å². The maximum atomic E-state index is 10.5. The van der Waals surface area contributed by atoms with Crippen molar-refractivity contribution in [1.82, 2.24) is 0 Å². The Balaban J connectivity index is 3.71. The van der Waals surface area contributed by atoms with E-state index in [0.717, 1.165) is 12.8 Å². The van der Waals surface area contributed by atoms with Crippen molar-refractivity contribution >= 4 is 5.97 Å². The summed E-state index contributed by atoms with van der Waals surface area (Å²) < 4.78 is 0. The molecule has 0 aromatic carbocycles. The van der Waals surface area contributed by atoms with Crippen molar-refractivity contribution in [3.05, 3.63) is 11.6 Å². The predicted molar refractivity (Wildman–Crippen MR) is 50.2 cm³/mol. The van der Waals surface area contributed by atoms with Crippen molar-refractivity contribution in [1.29, 1.82) is 0 Å². The summed E-state index contributed by atoms with van der Waals surface area (Å²) in [5, 5.41) is 8.66. The normalized spacial score (nSPS) is 11.7. The fourth-order valence-corrected chi connectivity index (χ4v) is 1.05. The van der Waals surface area contributed by atoms with Gasteiger partial charge in [-0.15, -0.1) is 0 Å². The van der Waals surface area contributed by atoms with Crippen LogP contribution in [0.5, 0.6) is 0 Å². The fraction of sp³-hybridized carbons (Fsp3) is 0.700. The molecule has 0 heterocycles. The van der Waals surface area contributed by atoms with Crippen molar-refractivity contribution in [3.63, 3.8) is 0 Å². The standard InChI is InChI=1S/C10H18O2/c1-3-5-6-7-8-9(4-2)10(11)12/h8H,3-7H2,1-2H3,(H,11,12). The van der Waals surface area contributed by atoms with Crippen LogP contribution in [0.25, 0.3) is 0 Å². The number of hydrogen-bond donors (Lipinski definition) is 1. The molecule has 0 amide bonds. The van der Waals surface area contributed by atoms with Gasteiger partial charge >= 0.3 is 5.97 Å². The molecule has 12 heavy (non-hydrogen) atoms. The Hall–Kier alpha value is -0.790. The van der Waals surface area contributed by atoms with E-state index in [0.29, 0.717) is 12.0 Å². The number of carbonyl (C=O) groups is 1. The van der Waals surface area contributed by atoms with Gasteiger partial charge in [0.1, 0.15) is 0 Å². The number of carboxylic acids is 1. The molecule has 2 heteroatoms. The second-order valence-corrected chi connectivity index (χ2v) is 2.88. The van der Waals surface area contributed by atoms with E-state index >= 15 is 0 Å². The monoisotopic (exact) mass is 170 g/mol. The van der Waals surface area contributed by atoms with Gasteiger partial charge in [0.25, 0.3) is 0 Å². The molecular weight excluding hydrogens is 152 g/mol. The van der Waals surface area contributed by atoms with Gasteiger partial charge in [-0.1, -0.05) is 32.8 Å². The molecule has 0 aliphatic heterocycles. The Morgan fingerprint density at radius 1 is 1.33 bits per heavy atom. The summed E-state index contributed by atoms with van der Waals surface area (Å²) >= 11 is 0. The first-order valence-electron chi connectivity index (χ1n) is 4.64. The Bertz CT molecular complexity index is 159. The van der Waals surface area contributed by atoms with Crippen LogP contribution in [-0.4, -0.2) is 11.1 Å². The molecule has 0 aromatic rings. The maximum absolute atomic E-state index is 10.5. The third kappa shape index (κ3) is 4.94. The number of unbranched alkanes of at least 4 members (excludes halogenated alkanes) is 3. The van der Waals surface area contributed by atoms with Crippen LogP contribution in [0.4, 0.5) is 0 Å². The second kappa shape index (κ2) is 6.89. The third-order valence-corrected chi connectivity index (χ3v) is 1.85. The zero-order chi connectivity index (χ0) is 9.40. The molecule has 0 unspecified atom stereocenters. The highest BCUT2D eigenvalue weighted by Crippen LogP contribution is 2.06. The molecule has 1 N–H and O–H groups in total. The molecule has 0 atom stereocenters. The lowest BCUT2D eigenvalue weighted by atomic mass is 10.1. The quantitative estimate of drug-likeness (QED) is 0.491. The van der Waals surface area contributed by atoms with E-state index in [-0.39, 0.29) is 0 Å². The van der Waals surface area contributed by atoms with Crippen LogP contribution in [0.1, 0.15) is 46.0 Å². The van der Waals surface area contributed by atoms with Crippen LogP contribution < -0.4 is 0 Å². The van der Waals surface area contributed by atoms with Crippen molar-refractivity contribution in [2.24, 2.45) is 0 Å². The summed E-state index contributed by atoms with van der Waals surface area (Å²) in [5.74, 6) is -0.769. The van der Waals surface area contributed by atoms with E-state index in [1.54, 1.807) is 0 Å². The summed E-state index contributed by atoms with van der Waals surface area (Å²) in [6.45, 7) is 4.02. The SMILES string of the molecule is CCCCCC=C(CC)C(=O)O. The third-order valence-electron chi connectivity index (χ3n) is 1.85. The maximum Gasteiger partial charge on any atom is 0.331 e. The minimum Gasteiger partial charge on any atom is -0.478 e. The molecule has 0 spiro atoms. The van der Waals surface area contributed by atoms with E-state index in [1.807, 2.05) is 13.0 Å². The van der Waals surface area contributed by atoms with Crippen LogP contribution in [0.3, 0.4) is 0 Å². The minimum atomic E-state index is -0.769. The zero-order valence-corrected chi connectivity index (χ0v) is 7.97. The Labute approximate surface area is 74.3 Å². The van der Waals surface area contributed by atoms with Crippen molar-refractivity contribution in [2.45, 2.75) is 46.0 Å². The Morgan fingerprint density at radius 2 is 2.00 bits per heavy atom. The smallest absolute Gasteiger partial charge is 0.331 e. The molecule has 0 aliphatic carbocycles. The van der Waals surface area contributed by atoms with Gasteiger partial charge in [-0.2, -0.15) is 0 Å². The van der Waals surface area contributed by atoms with Gasteiger partial charge in [-0.05, 0) is 19.3 Å². The molecule has 0 bridgehead atoms. The van der Waals surface area contributed by atoms with Gasteiger partial charge in [0.15, 0.2) is 0 Å². The molecule has 0 saturated heterocycles. The molecule has 0 aromatic heterocycles. The van der Waals surface area contributed by atoms with Gasteiger partial charge in [0.2, 0.25) is 0 Å². The van der Waals surface area contributed by atoms with E-state index < -0.39 is 5.97 Å². The fourth-order valence-electron chi connectivity index (χ4n) is 1.05. The second-order valence-electron chi connectivity index (χ2n) is 2.88. The average molecular weight is 170 g/mol. The predicted octanol–water partition coefficient (Wildman–Crippen LogP) is 2.99. The van der Waals surface area contributed by atoms with Crippen molar-refractivity contribution < 1.29 is 9.90 Å². The van der Waals surface area contributed by atoms with Crippen LogP contribution in [0.2, 0.25) is 0 Å². The topological polar surface area (TPSA) is 37.3 Å². The summed E-state index contributed by atoms with van der Waals surface area (Å²) in [5.41, 5.74) is 0.547. The Morgan fingerprint density at radius 3 is 2.42 bits per heavy atom. The summed E-state index contributed by atoms with van der Waals surface area (Å²) in [6.07, 6.45) is 6.85.